The summed E-state index contributed by atoms with van der Waals surface area (Å²) in [6.07, 6.45) is -1.11. The lowest BCUT2D eigenvalue weighted by Crippen LogP contribution is -2.16. The van der Waals surface area contributed by atoms with Gasteiger partial charge in [-0.3, -0.25) is 4.99 Å². The third-order valence-electron chi connectivity index (χ3n) is 2.73. The van der Waals surface area contributed by atoms with E-state index in [1.54, 1.807) is 0 Å². The van der Waals surface area contributed by atoms with E-state index >= 15 is 0 Å². The highest BCUT2D eigenvalue weighted by Gasteiger charge is 2.34. The van der Waals surface area contributed by atoms with Crippen LogP contribution in [0.2, 0.25) is 5.02 Å². The van der Waals surface area contributed by atoms with Gasteiger partial charge in [-0.05, 0) is 18.2 Å². The van der Waals surface area contributed by atoms with Crippen LogP contribution in [0.4, 0.5) is 23.2 Å². The second-order valence-corrected chi connectivity index (χ2v) is 4.95. The molecule has 0 saturated carbocycles. The molecule has 0 spiro atoms. The van der Waals surface area contributed by atoms with Gasteiger partial charge in [0.25, 0.3) is 0 Å². The summed E-state index contributed by atoms with van der Waals surface area (Å²) in [5.41, 5.74) is -1.45. The summed E-state index contributed by atoms with van der Waals surface area (Å²) in [6, 6.07) is 2.33. The van der Waals surface area contributed by atoms with Gasteiger partial charge in [0, 0.05) is 0 Å². The molecule has 0 bridgehead atoms. The minimum absolute atomic E-state index is 0.0000832. The SMILES string of the molecule is NN=C(C=Nc1ccc(F)c(C(F)(F)F)c1)COc1ncc(Cl)cn1. The molecule has 1 aromatic carbocycles. The topological polar surface area (TPSA) is 85.8 Å². The molecule has 0 radical (unpaired) electrons. The van der Waals surface area contributed by atoms with Crippen molar-refractivity contribution in [2.75, 3.05) is 6.61 Å². The molecule has 132 valence electrons. The Morgan fingerprint density at radius 1 is 1.28 bits per heavy atom. The van der Waals surface area contributed by atoms with Crippen LogP contribution in [0.3, 0.4) is 0 Å². The molecule has 0 aliphatic carbocycles. The normalized spacial score (nSPS) is 12.6. The summed E-state index contributed by atoms with van der Waals surface area (Å²) < 4.78 is 56.3. The third-order valence-corrected chi connectivity index (χ3v) is 2.92. The lowest BCUT2D eigenvalue weighted by molar-refractivity contribution is -0.139. The van der Waals surface area contributed by atoms with Crippen LogP contribution in [-0.2, 0) is 6.18 Å². The average Bonchev–Trinajstić information content (AvgIpc) is 2.57. The Balaban J connectivity index is 2.07. The van der Waals surface area contributed by atoms with Gasteiger partial charge in [0.2, 0.25) is 0 Å². The van der Waals surface area contributed by atoms with Gasteiger partial charge < -0.3 is 10.6 Å². The predicted octanol–water partition coefficient (Wildman–Crippen LogP) is 3.38. The maximum Gasteiger partial charge on any atom is 0.419 e. The Labute approximate surface area is 144 Å². The smallest absolute Gasteiger partial charge is 0.419 e. The number of aliphatic imine (C=N–C) groups is 1. The number of halogens is 5. The van der Waals surface area contributed by atoms with Gasteiger partial charge in [-0.15, -0.1) is 0 Å². The summed E-state index contributed by atoms with van der Waals surface area (Å²) in [6.45, 7) is -0.186. The summed E-state index contributed by atoms with van der Waals surface area (Å²) in [5, 5.41) is 3.71. The van der Waals surface area contributed by atoms with E-state index in [1.807, 2.05) is 0 Å². The molecule has 0 fully saturated rings. The first-order valence-electron chi connectivity index (χ1n) is 6.57. The van der Waals surface area contributed by atoms with Crippen LogP contribution < -0.4 is 10.6 Å². The van der Waals surface area contributed by atoms with E-state index in [0.29, 0.717) is 17.2 Å². The van der Waals surface area contributed by atoms with E-state index in [1.165, 1.54) is 12.4 Å². The van der Waals surface area contributed by atoms with E-state index in [9.17, 15) is 17.6 Å². The van der Waals surface area contributed by atoms with Crippen molar-refractivity contribution in [1.29, 1.82) is 0 Å². The Morgan fingerprint density at radius 2 is 1.96 bits per heavy atom. The zero-order valence-corrected chi connectivity index (χ0v) is 13.1. The Hall–Kier alpha value is -2.75. The van der Waals surface area contributed by atoms with Crippen molar-refractivity contribution in [3.63, 3.8) is 0 Å². The predicted molar refractivity (Wildman–Crippen MR) is 83.7 cm³/mol. The fraction of sp³-hybridized carbons (Fsp3) is 0.143. The monoisotopic (exact) mass is 375 g/mol. The maximum atomic E-state index is 13.2. The highest BCUT2D eigenvalue weighted by Crippen LogP contribution is 2.33. The number of benzene rings is 1. The van der Waals surface area contributed by atoms with Gasteiger partial charge >= 0.3 is 12.2 Å². The van der Waals surface area contributed by atoms with Crippen molar-refractivity contribution in [3.05, 3.63) is 47.0 Å². The van der Waals surface area contributed by atoms with Crippen molar-refractivity contribution >= 4 is 29.2 Å². The minimum Gasteiger partial charge on any atom is -0.457 e. The van der Waals surface area contributed by atoms with Crippen LogP contribution in [0.25, 0.3) is 0 Å². The van der Waals surface area contributed by atoms with Crippen molar-refractivity contribution < 1.29 is 22.3 Å². The van der Waals surface area contributed by atoms with Crippen LogP contribution in [0, 0.1) is 5.82 Å². The van der Waals surface area contributed by atoms with Crippen LogP contribution in [-0.4, -0.2) is 28.5 Å². The second kappa shape index (κ2) is 7.88. The number of alkyl halides is 3. The van der Waals surface area contributed by atoms with E-state index in [4.69, 9.17) is 22.2 Å². The van der Waals surface area contributed by atoms with Gasteiger partial charge in [0.1, 0.15) is 18.1 Å². The van der Waals surface area contributed by atoms with Crippen molar-refractivity contribution in [2.24, 2.45) is 15.9 Å². The summed E-state index contributed by atoms with van der Waals surface area (Å²) >= 11 is 5.62. The van der Waals surface area contributed by atoms with Gasteiger partial charge in [-0.2, -0.15) is 18.3 Å². The molecule has 0 saturated heterocycles. The molecule has 2 aromatic rings. The number of rotatable bonds is 5. The van der Waals surface area contributed by atoms with Crippen molar-refractivity contribution in [3.8, 4) is 6.01 Å². The maximum absolute atomic E-state index is 13.2. The molecule has 1 heterocycles. The first kappa shape index (κ1) is 18.6. The first-order chi connectivity index (χ1) is 11.8. The molecular formula is C14H10ClF4N5O. The molecule has 0 amide bonds. The highest BCUT2D eigenvalue weighted by molar-refractivity contribution is 6.31. The highest BCUT2D eigenvalue weighted by atomic mass is 35.5. The Bertz CT molecular complexity index is 793. The Morgan fingerprint density at radius 3 is 2.56 bits per heavy atom. The summed E-state index contributed by atoms with van der Waals surface area (Å²) in [4.78, 5) is 11.3. The zero-order valence-electron chi connectivity index (χ0n) is 12.3. The van der Waals surface area contributed by atoms with Gasteiger partial charge in [0.15, 0.2) is 0 Å². The molecule has 1 aromatic heterocycles. The summed E-state index contributed by atoms with van der Waals surface area (Å²) in [7, 11) is 0. The third kappa shape index (κ3) is 5.38. The number of hydrogen-bond donors (Lipinski definition) is 1. The van der Waals surface area contributed by atoms with E-state index in [0.717, 1.165) is 12.3 Å². The van der Waals surface area contributed by atoms with Crippen LogP contribution >= 0.6 is 11.6 Å². The van der Waals surface area contributed by atoms with Crippen LogP contribution in [0.15, 0.2) is 40.7 Å². The largest absolute Gasteiger partial charge is 0.457 e. The molecule has 0 aliphatic rings. The zero-order chi connectivity index (χ0) is 18.4. The van der Waals surface area contributed by atoms with E-state index in [2.05, 4.69) is 20.1 Å². The lowest BCUT2D eigenvalue weighted by Gasteiger charge is -2.08. The van der Waals surface area contributed by atoms with Gasteiger partial charge in [-0.25, -0.2) is 14.4 Å². The molecule has 25 heavy (non-hydrogen) atoms. The second-order valence-electron chi connectivity index (χ2n) is 4.51. The van der Waals surface area contributed by atoms with E-state index < -0.39 is 17.6 Å². The number of nitrogens with two attached hydrogens (primary N) is 1. The Kier molecular flexibility index (Phi) is 5.86. The summed E-state index contributed by atoms with van der Waals surface area (Å²) in [5.74, 6) is 3.78. The van der Waals surface area contributed by atoms with Gasteiger partial charge in [0.05, 0.1) is 34.9 Å². The fourth-order valence-electron chi connectivity index (χ4n) is 1.58. The lowest BCUT2D eigenvalue weighted by atomic mass is 10.2. The molecule has 0 atom stereocenters. The number of aromatic nitrogens is 2. The molecule has 0 unspecified atom stereocenters. The molecular weight excluding hydrogens is 366 g/mol. The number of ether oxygens (including phenoxy) is 1. The quantitative estimate of drug-likeness (QED) is 0.375. The van der Waals surface area contributed by atoms with E-state index in [-0.39, 0.29) is 24.0 Å². The number of nitrogens with zero attached hydrogens (tertiary/aromatic N) is 4. The molecule has 2 N–H and O–H groups in total. The van der Waals surface area contributed by atoms with Gasteiger partial charge in [-0.1, -0.05) is 11.6 Å². The molecule has 6 nitrogen and oxygen atoms in total. The first-order valence-corrected chi connectivity index (χ1v) is 6.95. The molecule has 11 heteroatoms. The van der Waals surface area contributed by atoms with Crippen LogP contribution in [0.5, 0.6) is 6.01 Å². The fourth-order valence-corrected chi connectivity index (χ4v) is 1.68. The molecule has 0 aliphatic heterocycles. The number of hydrogen-bond acceptors (Lipinski definition) is 6. The van der Waals surface area contributed by atoms with Crippen molar-refractivity contribution in [1.82, 2.24) is 9.97 Å². The average molecular weight is 376 g/mol. The number of hydrazone groups is 1. The van der Waals surface area contributed by atoms with Crippen molar-refractivity contribution in [2.45, 2.75) is 6.18 Å². The minimum atomic E-state index is -4.82. The molecule has 2 rings (SSSR count). The standard InChI is InChI=1S/C14H10ClF4N5O/c15-8-4-22-13(23-5-8)25-7-10(24-20)6-21-9-1-2-12(16)11(3-9)14(17,18)19/h1-6H,7,20H2. The van der Waals surface area contributed by atoms with Crippen LogP contribution in [0.1, 0.15) is 5.56 Å².